The van der Waals surface area contributed by atoms with Crippen molar-refractivity contribution in [3.63, 3.8) is 0 Å². The lowest BCUT2D eigenvalue weighted by molar-refractivity contribution is -0.252. The van der Waals surface area contributed by atoms with Gasteiger partial charge in [0.1, 0.15) is 5.76 Å². The van der Waals surface area contributed by atoms with Gasteiger partial charge in [0.2, 0.25) is 5.78 Å². The van der Waals surface area contributed by atoms with Crippen LogP contribution in [-0.4, -0.2) is 70.5 Å². The van der Waals surface area contributed by atoms with Crippen molar-refractivity contribution in [2.75, 3.05) is 0 Å². The number of aliphatic hydroxyl groups excluding tert-OH is 4. The Morgan fingerprint density at radius 2 is 1.71 bits per heavy atom. The van der Waals surface area contributed by atoms with Crippen LogP contribution in [0, 0.1) is 34.5 Å². The maximum atomic E-state index is 12.3. The van der Waals surface area contributed by atoms with Gasteiger partial charge in [0.25, 0.3) is 0 Å². The first-order valence-electron chi connectivity index (χ1n) is 13.1. The standard InChI is InChI=1S/C27H44O8/c1-23(2,33)10-9-19(30)26(5,34)18-8-11-27(35)15-7-6-14-12-16(28)21(31)22(32)25(14,4)20(15)17(29)13-24(18,27)3/h14-15,17-20,29-35H,6-13H2,1-5H3/t14?,15-,17?,18+,19?,20-,24-,25+,26-,27-/m1/s1. The summed E-state index contributed by atoms with van der Waals surface area (Å²) in [6.07, 6.45) is 0.679. The molecule has 0 spiro atoms. The zero-order valence-corrected chi connectivity index (χ0v) is 21.7. The van der Waals surface area contributed by atoms with Gasteiger partial charge in [-0.1, -0.05) is 13.8 Å². The maximum absolute atomic E-state index is 12.3. The molecule has 0 aromatic heterocycles. The number of rotatable bonds is 5. The molecular formula is C27H44O8. The van der Waals surface area contributed by atoms with E-state index in [1.807, 2.05) is 6.92 Å². The molecule has 0 aliphatic heterocycles. The number of carbonyl (C=O) groups is 1. The number of aliphatic hydroxyl groups is 7. The normalized spacial score (nSPS) is 46.5. The predicted octanol–water partition coefficient (Wildman–Crippen LogP) is 2.51. The fourth-order valence-electron chi connectivity index (χ4n) is 8.84. The summed E-state index contributed by atoms with van der Waals surface area (Å²) in [5, 5.41) is 77.7. The molecule has 0 heterocycles. The second-order valence-electron chi connectivity index (χ2n) is 13.3. The Hall–Kier alpha value is -1.19. The average Bonchev–Trinajstić information content (AvgIpc) is 3.02. The van der Waals surface area contributed by atoms with Crippen molar-refractivity contribution in [1.29, 1.82) is 0 Å². The minimum Gasteiger partial charge on any atom is -0.508 e. The van der Waals surface area contributed by atoms with Crippen LogP contribution in [0.4, 0.5) is 0 Å². The van der Waals surface area contributed by atoms with Crippen LogP contribution in [0.1, 0.15) is 86.0 Å². The van der Waals surface area contributed by atoms with Crippen molar-refractivity contribution < 1.29 is 40.5 Å². The monoisotopic (exact) mass is 496 g/mol. The SMILES string of the molecule is CC(C)(O)CCC(O)[C@](C)(O)[C@H]1CC[C@@]2(O)[C@@H]3CCC4CC(=O)C(O)=C(O)[C@]4(C)[C@H]3C(O)C[C@]12C. The van der Waals surface area contributed by atoms with E-state index in [2.05, 4.69) is 0 Å². The lowest BCUT2D eigenvalue weighted by atomic mass is 9.42. The molecule has 4 aliphatic carbocycles. The van der Waals surface area contributed by atoms with Crippen LogP contribution in [0.5, 0.6) is 0 Å². The Morgan fingerprint density at radius 3 is 2.31 bits per heavy atom. The second kappa shape index (κ2) is 8.15. The molecule has 8 nitrogen and oxygen atoms in total. The second-order valence-corrected chi connectivity index (χ2v) is 13.3. The molecule has 0 saturated heterocycles. The van der Waals surface area contributed by atoms with Gasteiger partial charge in [0.05, 0.1) is 29.0 Å². The number of carbonyl (C=O) groups excluding carboxylic acids is 1. The fourth-order valence-corrected chi connectivity index (χ4v) is 8.84. The molecule has 4 rings (SSSR count). The van der Waals surface area contributed by atoms with Gasteiger partial charge in [0.15, 0.2) is 5.76 Å². The molecule has 3 saturated carbocycles. The maximum Gasteiger partial charge on any atom is 0.200 e. The molecule has 0 radical (unpaired) electrons. The van der Waals surface area contributed by atoms with Crippen LogP contribution >= 0.6 is 0 Å². The topological polar surface area (TPSA) is 159 Å². The van der Waals surface area contributed by atoms with Gasteiger partial charge in [-0.25, -0.2) is 0 Å². The molecule has 200 valence electrons. The Bertz CT molecular complexity index is 905. The summed E-state index contributed by atoms with van der Waals surface area (Å²) in [7, 11) is 0. The summed E-state index contributed by atoms with van der Waals surface area (Å²) >= 11 is 0. The van der Waals surface area contributed by atoms with E-state index >= 15 is 0 Å². The highest BCUT2D eigenvalue weighted by atomic mass is 16.3. The smallest absolute Gasteiger partial charge is 0.200 e. The minimum atomic E-state index is -1.55. The summed E-state index contributed by atoms with van der Waals surface area (Å²) in [5.74, 6) is -3.22. The highest BCUT2D eigenvalue weighted by molar-refractivity contribution is 5.95. The van der Waals surface area contributed by atoms with E-state index in [9.17, 15) is 40.5 Å². The average molecular weight is 497 g/mol. The van der Waals surface area contributed by atoms with E-state index in [1.54, 1.807) is 27.7 Å². The molecule has 35 heavy (non-hydrogen) atoms. The van der Waals surface area contributed by atoms with Gasteiger partial charge in [-0.15, -0.1) is 0 Å². The van der Waals surface area contributed by atoms with Crippen molar-refractivity contribution in [2.24, 2.45) is 34.5 Å². The van der Waals surface area contributed by atoms with E-state index in [1.165, 1.54) is 0 Å². The first-order chi connectivity index (χ1) is 15.9. The van der Waals surface area contributed by atoms with Crippen molar-refractivity contribution in [3.8, 4) is 0 Å². The first kappa shape index (κ1) is 26.9. The van der Waals surface area contributed by atoms with Crippen LogP contribution in [0.15, 0.2) is 11.5 Å². The largest absolute Gasteiger partial charge is 0.508 e. The van der Waals surface area contributed by atoms with Crippen molar-refractivity contribution >= 4 is 5.78 Å². The van der Waals surface area contributed by atoms with Crippen LogP contribution in [0.2, 0.25) is 0 Å². The third-order valence-electron chi connectivity index (χ3n) is 10.9. The minimum absolute atomic E-state index is 0.1000. The molecule has 10 atom stereocenters. The predicted molar refractivity (Wildman–Crippen MR) is 128 cm³/mol. The zero-order chi connectivity index (χ0) is 26.4. The Labute approximate surface area is 207 Å². The zero-order valence-electron chi connectivity index (χ0n) is 21.7. The Kier molecular flexibility index (Phi) is 6.26. The fraction of sp³-hybridized carbons (Fsp3) is 0.889. The molecule has 0 aromatic carbocycles. The van der Waals surface area contributed by atoms with Gasteiger partial charge < -0.3 is 35.7 Å². The third kappa shape index (κ3) is 3.69. The van der Waals surface area contributed by atoms with E-state index in [0.717, 1.165) is 0 Å². The quantitative estimate of drug-likeness (QED) is 0.306. The van der Waals surface area contributed by atoms with Crippen LogP contribution in [0.25, 0.3) is 0 Å². The number of allylic oxidation sites excluding steroid dienone is 2. The van der Waals surface area contributed by atoms with Gasteiger partial charge in [-0.2, -0.15) is 0 Å². The Morgan fingerprint density at radius 1 is 1.09 bits per heavy atom. The van der Waals surface area contributed by atoms with Crippen LogP contribution in [-0.2, 0) is 4.79 Å². The van der Waals surface area contributed by atoms with Crippen molar-refractivity contribution in [3.05, 3.63) is 11.5 Å². The van der Waals surface area contributed by atoms with Crippen LogP contribution in [0.3, 0.4) is 0 Å². The summed E-state index contributed by atoms with van der Waals surface area (Å²) in [6, 6.07) is 0. The van der Waals surface area contributed by atoms with E-state index in [-0.39, 0.29) is 30.9 Å². The van der Waals surface area contributed by atoms with E-state index in [4.69, 9.17) is 0 Å². The van der Waals surface area contributed by atoms with Crippen molar-refractivity contribution in [2.45, 2.75) is 115 Å². The number of hydrogen-bond acceptors (Lipinski definition) is 8. The summed E-state index contributed by atoms with van der Waals surface area (Å²) in [5.41, 5.74) is -5.73. The molecule has 8 heteroatoms. The molecule has 0 bridgehead atoms. The van der Waals surface area contributed by atoms with Crippen LogP contribution < -0.4 is 0 Å². The van der Waals surface area contributed by atoms with Crippen molar-refractivity contribution in [1.82, 2.24) is 0 Å². The molecular weight excluding hydrogens is 452 g/mol. The highest BCUT2D eigenvalue weighted by Crippen LogP contribution is 2.70. The number of hydrogen-bond donors (Lipinski definition) is 7. The van der Waals surface area contributed by atoms with Gasteiger partial charge in [0, 0.05) is 23.2 Å². The van der Waals surface area contributed by atoms with E-state index < -0.39 is 69.1 Å². The molecule has 4 aliphatic rings. The number of fused-ring (bicyclic) bond motifs is 5. The molecule has 3 fully saturated rings. The first-order valence-corrected chi connectivity index (χ1v) is 13.1. The molecule has 3 unspecified atom stereocenters. The molecule has 0 amide bonds. The summed E-state index contributed by atoms with van der Waals surface area (Å²) in [4.78, 5) is 12.2. The Balaban J connectivity index is 1.69. The molecule has 7 N–H and O–H groups in total. The molecule has 0 aromatic rings. The summed E-state index contributed by atoms with van der Waals surface area (Å²) in [6.45, 7) is 8.55. The highest BCUT2D eigenvalue weighted by Gasteiger charge is 2.72. The van der Waals surface area contributed by atoms with Gasteiger partial charge in [-0.3, -0.25) is 4.79 Å². The number of Topliss-reactive ketones (excluding diaryl/α,β-unsaturated/α-hetero) is 1. The van der Waals surface area contributed by atoms with Gasteiger partial charge >= 0.3 is 0 Å². The lowest BCUT2D eigenvalue weighted by Gasteiger charge is -2.64. The number of ketones is 1. The van der Waals surface area contributed by atoms with E-state index in [0.29, 0.717) is 32.1 Å². The summed E-state index contributed by atoms with van der Waals surface area (Å²) < 4.78 is 0. The lowest BCUT2D eigenvalue weighted by Crippen LogP contribution is -2.68. The van der Waals surface area contributed by atoms with Gasteiger partial charge in [-0.05, 0) is 83.5 Å². The third-order valence-corrected chi connectivity index (χ3v) is 10.9.